The Morgan fingerprint density at radius 2 is 1.97 bits per heavy atom. The smallest absolute Gasteiger partial charge is 0.410 e. The fraction of sp³-hybridized carbons (Fsp3) is 0.522. The van der Waals surface area contributed by atoms with Gasteiger partial charge in [-0.2, -0.15) is 0 Å². The summed E-state index contributed by atoms with van der Waals surface area (Å²) < 4.78 is 35.2. The quantitative estimate of drug-likeness (QED) is 0.650. The average molecular weight is 475 g/mol. The highest BCUT2D eigenvalue weighted by atomic mass is 32.2. The van der Waals surface area contributed by atoms with Gasteiger partial charge in [-0.25, -0.2) is 23.2 Å². The van der Waals surface area contributed by atoms with Gasteiger partial charge in [-0.1, -0.05) is 0 Å². The van der Waals surface area contributed by atoms with Crippen LogP contribution in [-0.4, -0.2) is 67.0 Å². The van der Waals surface area contributed by atoms with E-state index in [9.17, 15) is 13.2 Å². The van der Waals surface area contributed by atoms with Crippen molar-refractivity contribution in [2.45, 2.75) is 63.2 Å². The number of benzene rings is 1. The predicted octanol–water partition coefficient (Wildman–Crippen LogP) is 3.35. The minimum Gasteiger partial charge on any atom is -0.474 e. The molecule has 0 radical (unpaired) electrons. The van der Waals surface area contributed by atoms with Crippen molar-refractivity contribution in [1.29, 1.82) is 0 Å². The second-order valence-corrected chi connectivity index (χ2v) is 10.9. The number of carbonyl (C=O) groups excluding carboxylic acids is 1. The van der Waals surface area contributed by atoms with Gasteiger partial charge < -0.3 is 19.3 Å². The van der Waals surface area contributed by atoms with E-state index >= 15 is 0 Å². The van der Waals surface area contributed by atoms with Gasteiger partial charge in [0.15, 0.2) is 9.84 Å². The third kappa shape index (κ3) is 5.21. The minimum absolute atomic E-state index is 0.00538. The summed E-state index contributed by atoms with van der Waals surface area (Å²) in [5.41, 5.74) is 1.92. The Bertz CT molecular complexity index is 1140. The summed E-state index contributed by atoms with van der Waals surface area (Å²) in [4.78, 5) is 25.1. The molecule has 0 unspecified atom stereocenters. The van der Waals surface area contributed by atoms with E-state index in [1.54, 1.807) is 17.0 Å². The second-order valence-electron chi connectivity index (χ2n) is 8.92. The molecule has 2 aromatic rings. The SMILES string of the molecule is CC(C)OC(=O)N1CC[C@H](Oc2cc(N3CCc4cc(S(C)(=O)=O)ccc43)ncn2)C[C@@H]1C. The molecule has 1 aromatic carbocycles. The maximum absolute atomic E-state index is 12.3. The molecule has 0 aliphatic carbocycles. The van der Waals surface area contributed by atoms with E-state index in [-0.39, 0.29) is 24.3 Å². The van der Waals surface area contributed by atoms with Crippen LogP contribution in [0.3, 0.4) is 0 Å². The van der Waals surface area contributed by atoms with Crippen molar-refractivity contribution < 1.29 is 22.7 Å². The number of fused-ring (bicyclic) bond motifs is 1. The van der Waals surface area contributed by atoms with E-state index in [1.807, 2.05) is 37.8 Å². The molecule has 1 amide bonds. The normalized spacial score (nSPS) is 20.6. The third-order valence-electron chi connectivity index (χ3n) is 5.97. The number of anilines is 2. The number of sulfone groups is 1. The number of nitrogens with zero attached hydrogens (tertiary/aromatic N) is 4. The molecule has 0 spiro atoms. The van der Waals surface area contributed by atoms with Crippen LogP contribution in [0.1, 0.15) is 39.2 Å². The summed E-state index contributed by atoms with van der Waals surface area (Å²) in [5, 5.41) is 0. The summed E-state index contributed by atoms with van der Waals surface area (Å²) in [6.07, 6.45) is 4.32. The number of likely N-dealkylation sites (tertiary alicyclic amines) is 1. The fourth-order valence-corrected chi connectivity index (χ4v) is 5.01. The van der Waals surface area contributed by atoms with Crippen LogP contribution in [0, 0.1) is 0 Å². The number of aromatic nitrogens is 2. The molecule has 1 aromatic heterocycles. The highest BCUT2D eigenvalue weighted by Gasteiger charge is 2.31. The summed E-state index contributed by atoms with van der Waals surface area (Å²) in [6.45, 7) is 6.95. The van der Waals surface area contributed by atoms with E-state index in [4.69, 9.17) is 9.47 Å². The van der Waals surface area contributed by atoms with Crippen molar-refractivity contribution in [2.24, 2.45) is 0 Å². The van der Waals surface area contributed by atoms with Gasteiger partial charge >= 0.3 is 6.09 Å². The van der Waals surface area contributed by atoms with E-state index in [0.717, 1.165) is 17.7 Å². The summed E-state index contributed by atoms with van der Waals surface area (Å²) in [7, 11) is -3.25. The molecule has 1 saturated heterocycles. The predicted molar refractivity (Wildman–Crippen MR) is 124 cm³/mol. The molecule has 0 bridgehead atoms. The molecule has 0 N–H and O–H groups in total. The fourth-order valence-electron chi connectivity index (χ4n) is 4.34. The molecule has 178 valence electrons. The molecule has 4 rings (SSSR count). The zero-order chi connectivity index (χ0) is 23.8. The van der Waals surface area contributed by atoms with Crippen molar-refractivity contribution in [2.75, 3.05) is 24.2 Å². The van der Waals surface area contributed by atoms with Crippen LogP contribution < -0.4 is 9.64 Å². The lowest BCUT2D eigenvalue weighted by Crippen LogP contribution is -2.48. The molecule has 10 heteroatoms. The molecule has 2 aliphatic rings. The van der Waals surface area contributed by atoms with Crippen LogP contribution in [0.15, 0.2) is 35.5 Å². The lowest BCUT2D eigenvalue weighted by atomic mass is 10.0. The van der Waals surface area contributed by atoms with Crippen molar-refractivity contribution in [1.82, 2.24) is 14.9 Å². The van der Waals surface area contributed by atoms with Crippen LogP contribution >= 0.6 is 0 Å². The maximum Gasteiger partial charge on any atom is 0.410 e. The molecule has 1 fully saturated rings. The summed E-state index contributed by atoms with van der Waals surface area (Å²) in [5.74, 6) is 1.19. The monoisotopic (exact) mass is 474 g/mol. The molecular weight excluding hydrogens is 444 g/mol. The highest BCUT2D eigenvalue weighted by Crippen LogP contribution is 2.36. The van der Waals surface area contributed by atoms with Gasteiger partial charge in [0.2, 0.25) is 5.88 Å². The van der Waals surface area contributed by atoms with E-state index in [0.29, 0.717) is 42.5 Å². The second kappa shape index (κ2) is 9.17. The Hall–Kier alpha value is -2.88. The third-order valence-corrected chi connectivity index (χ3v) is 7.08. The Kier molecular flexibility index (Phi) is 6.47. The molecule has 9 nitrogen and oxygen atoms in total. The first-order valence-electron chi connectivity index (χ1n) is 11.2. The highest BCUT2D eigenvalue weighted by molar-refractivity contribution is 7.90. The van der Waals surface area contributed by atoms with Crippen LogP contribution in [0.4, 0.5) is 16.3 Å². The van der Waals surface area contributed by atoms with E-state index < -0.39 is 9.84 Å². The van der Waals surface area contributed by atoms with Gasteiger partial charge in [-0.3, -0.25) is 0 Å². The number of ether oxygens (including phenoxy) is 2. The number of carbonyl (C=O) groups is 1. The average Bonchev–Trinajstić information content (AvgIpc) is 3.16. The lowest BCUT2D eigenvalue weighted by Gasteiger charge is -2.37. The van der Waals surface area contributed by atoms with Crippen molar-refractivity contribution in [3.05, 3.63) is 36.2 Å². The first-order chi connectivity index (χ1) is 15.6. The number of piperidine rings is 1. The standard InChI is InChI=1S/C23H30N4O5S/c1-15(2)31-23(28)26-10-8-18(11-16(26)3)32-22-13-21(24-14-25-22)27-9-7-17-12-19(33(4,29)30)5-6-20(17)27/h5-6,12-16,18H,7-11H2,1-4H3/t16-,18-/m0/s1. The molecule has 3 heterocycles. The molecule has 2 aliphatic heterocycles. The molecular formula is C23H30N4O5S. The van der Waals surface area contributed by atoms with Gasteiger partial charge in [-0.15, -0.1) is 0 Å². The molecule has 2 atom stereocenters. The summed E-state index contributed by atoms with van der Waals surface area (Å²) >= 11 is 0. The summed E-state index contributed by atoms with van der Waals surface area (Å²) in [6, 6.07) is 7.01. The molecule has 0 saturated carbocycles. The van der Waals surface area contributed by atoms with Crippen molar-refractivity contribution in [3.63, 3.8) is 0 Å². The van der Waals surface area contributed by atoms with Gasteiger partial charge in [0.25, 0.3) is 0 Å². The van der Waals surface area contributed by atoms with Gasteiger partial charge in [0, 0.05) is 50.0 Å². The van der Waals surface area contributed by atoms with Crippen LogP contribution in [0.2, 0.25) is 0 Å². The maximum atomic E-state index is 12.3. The Balaban J connectivity index is 1.44. The van der Waals surface area contributed by atoms with Gasteiger partial charge in [-0.05, 0) is 51.0 Å². The van der Waals surface area contributed by atoms with Crippen LogP contribution in [0.25, 0.3) is 0 Å². The van der Waals surface area contributed by atoms with Crippen molar-refractivity contribution in [3.8, 4) is 5.88 Å². The lowest BCUT2D eigenvalue weighted by molar-refractivity contribution is 0.0295. The first kappa shape index (κ1) is 23.3. The van der Waals surface area contributed by atoms with Crippen LogP contribution in [-0.2, 0) is 21.0 Å². The number of hydrogen-bond donors (Lipinski definition) is 0. The number of hydrogen-bond acceptors (Lipinski definition) is 8. The van der Waals surface area contributed by atoms with E-state index in [2.05, 4.69) is 9.97 Å². The molecule has 33 heavy (non-hydrogen) atoms. The minimum atomic E-state index is -3.25. The Morgan fingerprint density at radius 1 is 1.18 bits per heavy atom. The van der Waals surface area contributed by atoms with Crippen LogP contribution in [0.5, 0.6) is 5.88 Å². The van der Waals surface area contributed by atoms with Crippen molar-refractivity contribution >= 4 is 27.4 Å². The zero-order valence-corrected chi connectivity index (χ0v) is 20.2. The van der Waals surface area contributed by atoms with Gasteiger partial charge in [0.1, 0.15) is 18.2 Å². The largest absolute Gasteiger partial charge is 0.474 e. The first-order valence-corrected chi connectivity index (χ1v) is 13.1. The van der Waals surface area contributed by atoms with E-state index in [1.165, 1.54) is 12.6 Å². The Labute approximate surface area is 194 Å². The topological polar surface area (TPSA) is 102 Å². The number of rotatable bonds is 5. The Morgan fingerprint density at radius 3 is 2.67 bits per heavy atom. The van der Waals surface area contributed by atoms with Gasteiger partial charge in [0.05, 0.1) is 11.0 Å². The zero-order valence-electron chi connectivity index (χ0n) is 19.4. The number of amides is 1.